The fourth-order valence-corrected chi connectivity index (χ4v) is 1.59. The molecule has 2 N–H and O–H groups in total. The molecule has 2 rings (SSSR count). The quantitative estimate of drug-likeness (QED) is 0.657. The van der Waals surface area contributed by atoms with Crippen molar-refractivity contribution in [3.63, 3.8) is 0 Å². The molecule has 0 heterocycles. The van der Waals surface area contributed by atoms with Gasteiger partial charge in [-0.15, -0.1) is 0 Å². The van der Waals surface area contributed by atoms with Crippen LogP contribution >= 0.6 is 0 Å². The van der Waals surface area contributed by atoms with Gasteiger partial charge in [0.05, 0.1) is 29.1 Å². The average Bonchev–Trinajstić information content (AvgIpc) is 2.48. The summed E-state index contributed by atoms with van der Waals surface area (Å²) in [6.07, 6.45) is 1.56. The van der Waals surface area contributed by atoms with Gasteiger partial charge in [-0.1, -0.05) is 24.3 Å². The number of carbonyl (C=O) groups is 1. The highest BCUT2D eigenvalue weighted by Crippen LogP contribution is 2.14. The lowest BCUT2D eigenvalue weighted by atomic mass is 10.2. The van der Waals surface area contributed by atoms with Gasteiger partial charge < -0.3 is 5.11 Å². The first-order chi connectivity index (χ1) is 9.70. The van der Waals surface area contributed by atoms with Crippen LogP contribution in [0.4, 0.5) is 5.69 Å². The molecular formula is C15H11N3O2. The Kier molecular flexibility index (Phi) is 4.10. The topological polar surface area (TPSA) is 85.5 Å². The van der Waals surface area contributed by atoms with Crippen molar-refractivity contribution in [1.29, 1.82) is 5.26 Å². The summed E-state index contributed by atoms with van der Waals surface area (Å²) < 4.78 is 0. The molecule has 2 aromatic carbocycles. The first-order valence-electron chi connectivity index (χ1n) is 5.82. The molecule has 0 aliphatic rings. The van der Waals surface area contributed by atoms with Gasteiger partial charge in [-0.2, -0.15) is 10.4 Å². The van der Waals surface area contributed by atoms with E-state index in [9.17, 15) is 4.79 Å². The lowest BCUT2D eigenvalue weighted by Gasteiger charge is -2.03. The molecule has 0 radical (unpaired) electrons. The number of benzene rings is 2. The predicted octanol–water partition coefficient (Wildman–Crippen LogP) is 2.70. The number of aromatic carboxylic acids is 1. The fourth-order valence-electron chi connectivity index (χ4n) is 1.59. The molecular weight excluding hydrogens is 254 g/mol. The predicted molar refractivity (Wildman–Crippen MR) is 75.8 cm³/mol. The van der Waals surface area contributed by atoms with Gasteiger partial charge in [-0.05, 0) is 29.8 Å². The van der Waals surface area contributed by atoms with Crippen molar-refractivity contribution in [2.24, 2.45) is 5.10 Å². The first-order valence-corrected chi connectivity index (χ1v) is 5.82. The highest BCUT2D eigenvalue weighted by Gasteiger charge is 2.07. The molecule has 0 aromatic heterocycles. The summed E-state index contributed by atoms with van der Waals surface area (Å²) in [5, 5.41) is 21.7. The monoisotopic (exact) mass is 265 g/mol. The average molecular weight is 265 g/mol. The summed E-state index contributed by atoms with van der Waals surface area (Å²) in [6, 6.07) is 15.4. The molecule has 0 saturated heterocycles. The molecule has 0 aliphatic heterocycles. The minimum Gasteiger partial charge on any atom is -0.478 e. The van der Waals surface area contributed by atoms with Crippen molar-refractivity contribution in [3.8, 4) is 6.07 Å². The third-order valence-corrected chi connectivity index (χ3v) is 2.60. The Morgan fingerprint density at radius 3 is 2.55 bits per heavy atom. The van der Waals surface area contributed by atoms with Crippen molar-refractivity contribution in [1.82, 2.24) is 0 Å². The molecule has 20 heavy (non-hydrogen) atoms. The van der Waals surface area contributed by atoms with E-state index in [1.54, 1.807) is 48.7 Å². The van der Waals surface area contributed by atoms with Crippen molar-refractivity contribution < 1.29 is 9.90 Å². The fraction of sp³-hybridized carbons (Fsp3) is 0. The van der Waals surface area contributed by atoms with Gasteiger partial charge in [0, 0.05) is 0 Å². The van der Waals surface area contributed by atoms with Crippen LogP contribution in [0.1, 0.15) is 21.5 Å². The number of anilines is 1. The molecule has 0 bridgehead atoms. The number of rotatable bonds is 4. The van der Waals surface area contributed by atoms with Crippen LogP contribution in [-0.4, -0.2) is 17.3 Å². The van der Waals surface area contributed by atoms with Crippen LogP contribution in [0.5, 0.6) is 0 Å². The van der Waals surface area contributed by atoms with Crippen LogP contribution < -0.4 is 5.43 Å². The van der Waals surface area contributed by atoms with Crippen LogP contribution in [0.25, 0.3) is 0 Å². The number of nitrogens with one attached hydrogen (secondary N) is 1. The molecule has 98 valence electrons. The number of carboxylic acids is 1. The second kappa shape index (κ2) is 6.16. The Balaban J connectivity index is 2.10. The number of nitrogens with zero attached hydrogens (tertiary/aromatic N) is 2. The van der Waals surface area contributed by atoms with Crippen LogP contribution in [0, 0.1) is 11.3 Å². The Hall–Kier alpha value is -3.13. The number of para-hydroxylation sites is 1. The molecule has 0 atom stereocenters. The maximum Gasteiger partial charge on any atom is 0.337 e. The molecule has 5 heteroatoms. The molecule has 0 fully saturated rings. The van der Waals surface area contributed by atoms with Crippen LogP contribution in [0.2, 0.25) is 0 Å². The van der Waals surface area contributed by atoms with Gasteiger partial charge in [0.2, 0.25) is 0 Å². The largest absolute Gasteiger partial charge is 0.478 e. The van der Waals surface area contributed by atoms with E-state index in [4.69, 9.17) is 10.4 Å². The zero-order valence-electron chi connectivity index (χ0n) is 10.4. The Labute approximate surface area is 115 Å². The normalized spacial score (nSPS) is 10.2. The van der Waals surface area contributed by atoms with Crippen molar-refractivity contribution in [2.75, 3.05) is 5.43 Å². The van der Waals surface area contributed by atoms with Crippen molar-refractivity contribution in [2.45, 2.75) is 0 Å². The van der Waals surface area contributed by atoms with Crippen LogP contribution in [0.15, 0.2) is 53.6 Å². The number of hydrogen-bond acceptors (Lipinski definition) is 4. The van der Waals surface area contributed by atoms with E-state index < -0.39 is 5.97 Å². The van der Waals surface area contributed by atoms with E-state index in [1.807, 2.05) is 6.07 Å². The van der Waals surface area contributed by atoms with E-state index in [-0.39, 0.29) is 5.56 Å². The smallest absolute Gasteiger partial charge is 0.337 e. The highest BCUT2D eigenvalue weighted by molar-refractivity contribution is 5.94. The Bertz CT molecular complexity index is 685. The molecule has 0 spiro atoms. The third kappa shape index (κ3) is 3.21. The summed E-state index contributed by atoms with van der Waals surface area (Å²) in [7, 11) is 0. The Morgan fingerprint density at radius 1 is 1.20 bits per heavy atom. The number of nitriles is 1. The molecule has 5 nitrogen and oxygen atoms in total. The zero-order valence-corrected chi connectivity index (χ0v) is 10.4. The maximum atomic E-state index is 11.0. The van der Waals surface area contributed by atoms with Gasteiger partial charge in [0.1, 0.15) is 0 Å². The van der Waals surface area contributed by atoms with Gasteiger partial charge in [-0.3, -0.25) is 5.43 Å². The second-order valence-corrected chi connectivity index (χ2v) is 3.95. The molecule has 0 unspecified atom stereocenters. The van der Waals surface area contributed by atoms with Crippen molar-refractivity contribution >= 4 is 17.9 Å². The van der Waals surface area contributed by atoms with Crippen molar-refractivity contribution in [3.05, 3.63) is 65.2 Å². The van der Waals surface area contributed by atoms with Gasteiger partial charge in [-0.25, -0.2) is 4.79 Å². The molecule has 0 aliphatic carbocycles. The first kappa shape index (κ1) is 13.3. The van der Waals surface area contributed by atoms with Gasteiger partial charge in [0.25, 0.3) is 0 Å². The zero-order chi connectivity index (χ0) is 14.4. The summed E-state index contributed by atoms with van der Waals surface area (Å²) >= 11 is 0. The molecule has 2 aromatic rings. The summed E-state index contributed by atoms with van der Waals surface area (Å²) in [5.41, 5.74) is 4.66. The summed E-state index contributed by atoms with van der Waals surface area (Å²) in [5.74, 6) is -1.01. The number of hydrazone groups is 1. The SMILES string of the molecule is N#Cc1ccc(/C=N/Nc2ccccc2C(=O)O)cc1. The molecule has 0 amide bonds. The lowest BCUT2D eigenvalue weighted by Crippen LogP contribution is -2.02. The van der Waals surface area contributed by atoms with Crippen LogP contribution in [0.3, 0.4) is 0 Å². The van der Waals surface area contributed by atoms with Gasteiger partial charge in [0.15, 0.2) is 0 Å². The highest BCUT2D eigenvalue weighted by atomic mass is 16.4. The minimum atomic E-state index is -1.01. The maximum absolute atomic E-state index is 11.0. The third-order valence-electron chi connectivity index (χ3n) is 2.60. The Morgan fingerprint density at radius 2 is 1.90 bits per heavy atom. The van der Waals surface area contributed by atoms with E-state index in [0.29, 0.717) is 11.3 Å². The number of hydrogen-bond donors (Lipinski definition) is 2. The van der Waals surface area contributed by atoms with E-state index in [1.165, 1.54) is 6.07 Å². The van der Waals surface area contributed by atoms with E-state index >= 15 is 0 Å². The van der Waals surface area contributed by atoms with Crippen LogP contribution in [-0.2, 0) is 0 Å². The summed E-state index contributed by atoms with van der Waals surface area (Å²) in [4.78, 5) is 11.0. The van der Waals surface area contributed by atoms with Gasteiger partial charge >= 0.3 is 5.97 Å². The second-order valence-electron chi connectivity index (χ2n) is 3.95. The minimum absolute atomic E-state index is 0.157. The molecule has 0 saturated carbocycles. The standard InChI is InChI=1S/C15H11N3O2/c16-9-11-5-7-12(8-6-11)10-17-18-14-4-2-1-3-13(14)15(19)20/h1-8,10,18H,(H,19,20)/b17-10+. The van der Waals surface area contributed by atoms with E-state index in [2.05, 4.69) is 10.5 Å². The van der Waals surface area contributed by atoms with E-state index in [0.717, 1.165) is 5.56 Å². The summed E-state index contributed by atoms with van der Waals surface area (Å²) in [6.45, 7) is 0. The lowest BCUT2D eigenvalue weighted by molar-refractivity contribution is 0.0698. The number of carboxylic acid groups (broad SMARTS) is 1.